The highest BCUT2D eigenvalue weighted by molar-refractivity contribution is 5.95. The van der Waals surface area contributed by atoms with Crippen molar-refractivity contribution >= 4 is 11.7 Å². The van der Waals surface area contributed by atoms with Crippen molar-refractivity contribution in [2.24, 2.45) is 0 Å². The van der Waals surface area contributed by atoms with Crippen molar-refractivity contribution in [3.63, 3.8) is 0 Å². The van der Waals surface area contributed by atoms with Crippen LogP contribution in [0.5, 0.6) is 0 Å². The monoisotopic (exact) mass is 274 g/mol. The Kier molecular flexibility index (Phi) is 4.60. The summed E-state index contributed by atoms with van der Waals surface area (Å²) in [6.45, 7) is 2.66. The quantitative estimate of drug-likeness (QED) is 0.875. The molecule has 0 saturated heterocycles. The van der Waals surface area contributed by atoms with E-state index in [1.54, 1.807) is 18.5 Å². The molecule has 2 N–H and O–H groups in total. The molecule has 0 bridgehead atoms. The summed E-state index contributed by atoms with van der Waals surface area (Å²) in [6.07, 6.45) is 4.70. The Bertz CT molecular complexity index is 589. The van der Waals surface area contributed by atoms with Gasteiger partial charge in [0.05, 0.1) is 5.56 Å². The van der Waals surface area contributed by atoms with Crippen LogP contribution in [0, 0.1) is 5.82 Å². The van der Waals surface area contributed by atoms with Crippen LogP contribution in [-0.2, 0) is 6.54 Å². The highest BCUT2D eigenvalue weighted by atomic mass is 19.1. The molecule has 2 aromatic rings. The number of hydrogen-bond donors (Lipinski definition) is 2. The minimum Gasteiger partial charge on any atom is -0.368 e. The molecule has 0 fully saturated rings. The molecule has 0 saturated carbocycles. The maximum Gasteiger partial charge on any atom is 0.254 e. The Morgan fingerprint density at radius 3 is 2.90 bits per heavy atom. The molecule has 2 rings (SSSR count). The van der Waals surface area contributed by atoms with Crippen molar-refractivity contribution < 1.29 is 9.18 Å². The van der Waals surface area contributed by atoms with Gasteiger partial charge in [0.2, 0.25) is 0 Å². The number of amides is 1. The first-order chi connectivity index (χ1) is 9.72. The minimum atomic E-state index is -0.641. The van der Waals surface area contributed by atoms with E-state index >= 15 is 0 Å². The van der Waals surface area contributed by atoms with E-state index in [1.807, 2.05) is 13.0 Å². The Morgan fingerprint density at radius 2 is 2.20 bits per heavy atom. The van der Waals surface area contributed by atoms with Gasteiger partial charge in [-0.3, -0.25) is 9.78 Å². The lowest BCUT2D eigenvalue weighted by molar-refractivity contribution is 0.0947. The van der Waals surface area contributed by atoms with Gasteiger partial charge in [0.25, 0.3) is 5.91 Å². The predicted octanol–water partition coefficient (Wildman–Crippen LogP) is 1.98. The van der Waals surface area contributed by atoms with Crippen LogP contribution >= 0.6 is 0 Å². The smallest absolute Gasteiger partial charge is 0.254 e. The van der Waals surface area contributed by atoms with E-state index in [0.717, 1.165) is 5.56 Å². The van der Waals surface area contributed by atoms with Gasteiger partial charge >= 0.3 is 0 Å². The van der Waals surface area contributed by atoms with Crippen LogP contribution in [0.25, 0.3) is 0 Å². The Morgan fingerprint density at radius 1 is 1.35 bits per heavy atom. The molecule has 5 nitrogen and oxygen atoms in total. The summed E-state index contributed by atoms with van der Waals surface area (Å²) in [5.74, 6) is -1.03. The number of nitrogens with one attached hydrogen (secondary N) is 2. The number of carbonyl (C=O) groups is 1. The van der Waals surface area contributed by atoms with Gasteiger partial charge in [0.1, 0.15) is 0 Å². The van der Waals surface area contributed by atoms with Crippen molar-refractivity contribution in [3.8, 4) is 0 Å². The zero-order chi connectivity index (χ0) is 14.4. The summed E-state index contributed by atoms with van der Waals surface area (Å²) < 4.78 is 14.0. The molecule has 0 aromatic carbocycles. The third-order valence-electron chi connectivity index (χ3n) is 2.65. The summed E-state index contributed by atoms with van der Waals surface area (Å²) in [7, 11) is 0. The third-order valence-corrected chi connectivity index (χ3v) is 2.65. The van der Waals surface area contributed by atoms with Crippen molar-refractivity contribution in [3.05, 3.63) is 53.7 Å². The van der Waals surface area contributed by atoms with Gasteiger partial charge in [0, 0.05) is 31.7 Å². The second-order valence-electron chi connectivity index (χ2n) is 4.10. The zero-order valence-corrected chi connectivity index (χ0v) is 11.1. The lowest BCUT2D eigenvalue weighted by atomic mass is 10.2. The fraction of sp³-hybridized carbons (Fsp3) is 0.214. The number of rotatable bonds is 5. The molecule has 2 heterocycles. The summed E-state index contributed by atoms with van der Waals surface area (Å²) in [6, 6.07) is 4.97. The van der Waals surface area contributed by atoms with E-state index in [1.165, 1.54) is 12.3 Å². The largest absolute Gasteiger partial charge is 0.368 e. The number of carbonyl (C=O) groups excluding carboxylic acids is 1. The average Bonchev–Trinajstić information content (AvgIpc) is 2.48. The molecule has 0 aliphatic carbocycles. The van der Waals surface area contributed by atoms with E-state index in [0.29, 0.717) is 13.1 Å². The highest BCUT2D eigenvalue weighted by Crippen LogP contribution is 2.14. The van der Waals surface area contributed by atoms with Crippen molar-refractivity contribution in [2.45, 2.75) is 13.5 Å². The number of hydrogen-bond acceptors (Lipinski definition) is 4. The van der Waals surface area contributed by atoms with Gasteiger partial charge in [-0.15, -0.1) is 0 Å². The fourth-order valence-electron chi connectivity index (χ4n) is 1.69. The molecule has 0 atom stereocenters. The first-order valence-corrected chi connectivity index (χ1v) is 6.28. The molecule has 20 heavy (non-hydrogen) atoms. The van der Waals surface area contributed by atoms with Gasteiger partial charge in [-0.2, -0.15) is 0 Å². The standard InChI is InChI=1S/C14H15FN4O/c1-2-17-13-12(15)11(5-7-18-13)14(20)19-9-10-4-3-6-16-8-10/h3-8H,2,9H2,1H3,(H,17,18)(H,19,20). The molecule has 0 aliphatic heterocycles. The molecular weight excluding hydrogens is 259 g/mol. The first kappa shape index (κ1) is 13.9. The molecule has 6 heteroatoms. The minimum absolute atomic E-state index is 0.0279. The van der Waals surface area contributed by atoms with Crippen LogP contribution in [0.3, 0.4) is 0 Å². The number of halogens is 1. The molecule has 1 amide bonds. The summed E-state index contributed by atoms with van der Waals surface area (Å²) in [5, 5.41) is 5.42. The summed E-state index contributed by atoms with van der Waals surface area (Å²) >= 11 is 0. The molecule has 2 aromatic heterocycles. The molecular formula is C14H15FN4O. The number of anilines is 1. The molecule has 0 radical (unpaired) electrons. The topological polar surface area (TPSA) is 66.9 Å². The summed E-state index contributed by atoms with van der Waals surface area (Å²) in [4.78, 5) is 19.8. The number of nitrogens with zero attached hydrogens (tertiary/aromatic N) is 2. The van der Waals surface area contributed by atoms with Crippen LogP contribution in [0.1, 0.15) is 22.8 Å². The van der Waals surface area contributed by atoms with Crippen LogP contribution in [0.2, 0.25) is 0 Å². The van der Waals surface area contributed by atoms with Gasteiger partial charge in [0.15, 0.2) is 11.6 Å². The number of pyridine rings is 2. The second-order valence-corrected chi connectivity index (χ2v) is 4.10. The SMILES string of the molecule is CCNc1nccc(C(=O)NCc2cccnc2)c1F. The van der Waals surface area contributed by atoms with Crippen molar-refractivity contribution in [2.75, 3.05) is 11.9 Å². The van der Waals surface area contributed by atoms with Crippen molar-refractivity contribution in [1.29, 1.82) is 0 Å². The Balaban J connectivity index is 2.08. The summed E-state index contributed by atoms with van der Waals surface area (Å²) in [5.41, 5.74) is 0.821. The van der Waals surface area contributed by atoms with Gasteiger partial charge in [-0.05, 0) is 24.6 Å². The van der Waals surface area contributed by atoms with Gasteiger partial charge in [-0.25, -0.2) is 9.37 Å². The van der Waals surface area contributed by atoms with Gasteiger partial charge in [-0.1, -0.05) is 6.07 Å². The lowest BCUT2D eigenvalue weighted by Gasteiger charge is -2.09. The van der Waals surface area contributed by atoms with Crippen LogP contribution in [0.15, 0.2) is 36.8 Å². The maximum absolute atomic E-state index is 14.0. The van der Waals surface area contributed by atoms with E-state index in [2.05, 4.69) is 20.6 Å². The molecule has 0 unspecified atom stereocenters. The van der Waals surface area contributed by atoms with E-state index in [4.69, 9.17) is 0 Å². The lowest BCUT2D eigenvalue weighted by Crippen LogP contribution is -2.24. The maximum atomic E-state index is 14.0. The van der Waals surface area contributed by atoms with E-state index < -0.39 is 11.7 Å². The van der Waals surface area contributed by atoms with Crippen molar-refractivity contribution in [1.82, 2.24) is 15.3 Å². The molecule has 0 aliphatic rings. The number of aromatic nitrogens is 2. The third kappa shape index (κ3) is 3.28. The normalized spacial score (nSPS) is 10.1. The molecule has 0 spiro atoms. The van der Waals surface area contributed by atoms with Gasteiger partial charge < -0.3 is 10.6 Å². The zero-order valence-electron chi connectivity index (χ0n) is 11.1. The van der Waals surface area contributed by atoms with E-state index in [9.17, 15) is 9.18 Å². The fourth-order valence-corrected chi connectivity index (χ4v) is 1.69. The predicted molar refractivity (Wildman–Crippen MR) is 73.8 cm³/mol. The average molecular weight is 274 g/mol. The van der Waals surface area contributed by atoms with E-state index in [-0.39, 0.29) is 11.4 Å². The second kappa shape index (κ2) is 6.60. The first-order valence-electron chi connectivity index (χ1n) is 6.28. The van der Waals surface area contributed by atoms with Crippen LogP contribution in [0.4, 0.5) is 10.2 Å². The Hall–Kier alpha value is -2.50. The van der Waals surface area contributed by atoms with Crippen LogP contribution in [-0.4, -0.2) is 22.4 Å². The Labute approximate surface area is 116 Å². The van der Waals surface area contributed by atoms with Crippen LogP contribution < -0.4 is 10.6 Å². The highest BCUT2D eigenvalue weighted by Gasteiger charge is 2.15. The molecule has 104 valence electrons.